The lowest BCUT2D eigenvalue weighted by Gasteiger charge is -2.14. The summed E-state index contributed by atoms with van der Waals surface area (Å²) in [6, 6.07) is 8.08. The van der Waals surface area contributed by atoms with Gasteiger partial charge in [-0.3, -0.25) is 4.79 Å². The Bertz CT molecular complexity index is 359. The van der Waals surface area contributed by atoms with E-state index < -0.39 is 0 Å². The number of hydrogen-bond donors (Lipinski definition) is 1. The molecular formula is C10H9NO. The monoisotopic (exact) mass is 159 g/mol. The van der Waals surface area contributed by atoms with E-state index in [0.29, 0.717) is 5.92 Å². The molecule has 1 unspecified atom stereocenters. The molecule has 12 heavy (non-hydrogen) atoms. The lowest BCUT2D eigenvalue weighted by molar-refractivity contribution is -0.117. The van der Waals surface area contributed by atoms with Gasteiger partial charge in [-0.15, -0.1) is 0 Å². The molecule has 2 aliphatic rings. The van der Waals surface area contributed by atoms with E-state index in [1.807, 2.05) is 18.2 Å². The zero-order valence-corrected chi connectivity index (χ0v) is 6.58. The van der Waals surface area contributed by atoms with Gasteiger partial charge in [0, 0.05) is 11.6 Å². The van der Waals surface area contributed by atoms with Crippen molar-refractivity contribution in [1.29, 1.82) is 0 Å². The van der Waals surface area contributed by atoms with Crippen molar-refractivity contribution in [2.24, 2.45) is 5.92 Å². The number of carbonyl (C=O) groups excluding carboxylic acids is 1. The molecule has 3 rings (SSSR count). The number of fused-ring (bicyclic) bond motifs is 3. The number of para-hydroxylation sites is 1. The first-order valence-electron chi connectivity index (χ1n) is 4.26. The number of hydrogen-bond acceptors (Lipinski definition) is 1. The zero-order chi connectivity index (χ0) is 8.13. The fraction of sp³-hybridized carbons (Fsp3) is 0.300. The molecule has 0 radical (unpaired) electrons. The molecule has 1 amide bonds. The van der Waals surface area contributed by atoms with Crippen molar-refractivity contribution in [3.63, 3.8) is 0 Å². The quantitative estimate of drug-likeness (QED) is 0.613. The van der Waals surface area contributed by atoms with E-state index in [2.05, 4.69) is 11.4 Å². The third kappa shape index (κ3) is 0.670. The Hall–Kier alpha value is -1.31. The van der Waals surface area contributed by atoms with E-state index >= 15 is 0 Å². The van der Waals surface area contributed by atoms with Crippen LogP contribution in [-0.4, -0.2) is 5.91 Å². The molecule has 1 aromatic carbocycles. The highest BCUT2D eigenvalue weighted by atomic mass is 16.2. The van der Waals surface area contributed by atoms with Crippen molar-refractivity contribution in [2.45, 2.75) is 12.3 Å². The molecule has 60 valence electrons. The summed E-state index contributed by atoms with van der Waals surface area (Å²) in [5.74, 6) is 1.01. The Kier molecular flexibility index (Phi) is 0.980. The fourth-order valence-electron chi connectivity index (χ4n) is 1.99. The van der Waals surface area contributed by atoms with Crippen LogP contribution in [-0.2, 0) is 4.79 Å². The maximum atomic E-state index is 11.3. The molecule has 1 aromatic rings. The van der Waals surface area contributed by atoms with Gasteiger partial charge in [0.1, 0.15) is 0 Å². The predicted molar refractivity (Wildman–Crippen MR) is 45.9 cm³/mol. The lowest BCUT2D eigenvalue weighted by Crippen LogP contribution is -2.19. The van der Waals surface area contributed by atoms with Gasteiger partial charge >= 0.3 is 0 Å². The molecule has 1 heterocycles. The van der Waals surface area contributed by atoms with Crippen LogP contribution in [0.3, 0.4) is 0 Å². The van der Waals surface area contributed by atoms with Gasteiger partial charge in [0.2, 0.25) is 5.91 Å². The molecule has 1 N–H and O–H groups in total. The van der Waals surface area contributed by atoms with Crippen LogP contribution in [0.1, 0.15) is 17.9 Å². The summed E-state index contributed by atoms with van der Waals surface area (Å²) in [7, 11) is 0. The van der Waals surface area contributed by atoms with Crippen molar-refractivity contribution in [2.75, 3.05) is 5.32 Å². The summed E-state index contributed by atoms with van der Waals surface area (Å²) >= 11 is 0. The van der Waals surface area contributed by atoms with Crippen LogP contribution in [0.5, 0.6) is 0 Å². The minimum absolute atomic E-state index is 0.207. The van der Waals surface area contributed by atoms with Gasteiger partial charge in [-0.2, -0.15) is 0 Å². The number of nitrogens with one attached hydrogen (secondary N) is 1. The van der Waals surface area contributed by atoms with Crippen LogP contribution in [0.4, 0.5) is 5.69 Å². The summed E-state index contributed by atoms with van der Waals surface area (Å²) < 4.78 is 0. The minimum Gasteiger partial charge on any atom is -0.326 e. The van der Waals surface area contributed by atoms with Crippen molar-refractivity contribution in [1.82, 2.24) is 0 Å². The third-order valence-electron chi connectivity index (χ3n) is 2.75. The topological polar surface area (TPSA) is 29.1 Å². The number of rotatable bonds is 0. The summed E-state index contributed by atoms with van der Waals surface area (Å²) in [6.07, 6.45) is 1.04. The molecule has 2 atom stereocenters. The van der Waals surface area contributed by atoms with E-state index in [4.69, 9.17) is 0 Å². The van der Waals surface area contributed by atoms with Crippen LogP contribution in [0.15, 0.2) is 24.3 Å². The maximum Gasteiger partial charge on any atom is 0.228 e. The maximum absolute atomic E-state index is 11.3. The molecule has 0 saturated heterocycles. The van der Waals surface area contributed by atoms with E-state index in [1.165, 1.54) is 5.56 Å². The number of amides is 1. The molecule has 1 fully saturated rings. The van der Waals surface area contributed by atoms with Gasteiger partial charge in [-0.05, 0) is 24.0 Å². The molecular weight excluding hydrogens is 150 g/mol. The van der Waals surface area contributed by atoms with Crippen molar-refractivity contribution >= 4 is 11.6 Å². The summed E-state index contributed by atoms with van der Waals surface area (Å²) in [4.78, 5) is 11.3. The highest BCUT2D eigenvalue weighted by molar-refractivity contribution is 5.99. The molecule has 0 bridgehead atoms. The van der Waals surface area contributed by atoms with Crippen molar-refractivity contribution in [3.8, 4) is 0 Å². The van der Waals surface area contributed by atoms with Crippen LogP contribution in [0, 0.1) is 5.92 Å². The average Bonchev–Trinajstić information content (AvgIpc) is 2.84. The first-order chi connectivity index (χ1) is 5.86. The van der Waals surface area contributed by atoms with Gasteiger partial charge in [-0.1, -0.05) is 18.2 Å². The second-order valence-corrected chi connectivity index (χ2v) is 3.53. The summed E-state index contributed by atoms with van der Waals surface area (Å²) in [6.45, 7) is 0. The summed E-state index contributed by atoms with van der Waals surface area (Å²) in [5.41, 5.74) is 2.34. The highest BCUT2D eigenvalue weighted by Crippen LogP contribution is 2.53. The normalized spacial score (nSPS) is 30.2. The SMILES string of the molecule is O=C1Nc2ccccc2[C@H]2CC12. The molecule has 1 saturated carbocycles. The third-order valence-corrected chi connectivity index (χ3v) is 2.75. The molecule has 2 heteroatoms. The Balaban J connectivity index is 2.16. The molecule has 0 spiro atoms. The van der Waals surface area contributed by atoms with Crippen LogP contribution in [0.2, 0.25) is 0 Å². The number of anilines is 1. The molecule has 1 aliphatic heterocycles. The first kappa shape index (κ1) is 6.23. The molecule has 0 aromatic heterocycles. The van der Waals surface area contributed by atoms with Gasteiger partial charge in [0.05, 0.1) is 0 Å². The van der Waals surface area contributed by atoms with Gasteiger partial charge < -0.3 is 5.32 Å². The largest absolute Gasteiger partial charge is 0.326 e. The smallest absolute Gasteiger partial charge is 0.228 e. The van der Waals surface area contributed by atoms with E-state index in [-0.39, 0.29) is 11.8 Å². The second-order valence-electron chi connectivity index (χ2n) is 3.53. The number of carbonyl (C=O) groups is 1. The highest BCUT2D eigenvalue weighted by Gasteiger charge is 2.47. The van der Waals surface area contributed by atoms with Gasteiger partial charge in [0.15, 0.2) is 0 Å². The Labute approximate surface area is 70.6 Å². The first-order valence-corrected chi connectivity index (χ1v) is 4.26. The van der Waals surface area contributed by atoms with E-state index in [9.17, 15) is 4.79 Å². The van der Waals surface area contributed by atoms with E-state index in [1.54, 1.807) is 0 Å². The predicted octanol–water partition coefficient (Wildman–Crippen LogP) is 1.74. The van der Waals surface area contributed by atoms with Gasteiger partial charge in [-0.25, -0.2) is 0 Å². The second kappa shape index (κ2) is 1.89. The van der Waals surface area contributed by atoms with Crippen LogP contribution >= 0.6 is 0 Å². The zero-order valence-electron chi connectivity index (χ0n) is 6.58. The fourth-order valence-corrected chi connectivity index (χ4v) is 1.99. The average molecular weight is 159 g/mol. The Morgan fingerprint density at radius 3 is 3.00 bits per heavy atom. The lowest BCUT2D eigenvalue weighted by atomic mass is 10.0. The Morgan fingerprint density at radius 1 is 1.25 bits per heavy atom. The standard InChI is InChI=1S/C10H9NO/c12-10-8-5-7(8)6-3-1-2-4-9(6)11-10/h1-4,7-8H,5H2,(H,11,12)/t7-,8?/m1/s1. The Morgan fingerprint density at radius 2 is 2.08 bits per heavy atom. The van der Waals surface area contributed by atoms with Crippen LogP contribution in [0.25, 0.3) is 0 Å². The molecule has 2 nitrogen and oxygen atoms in total. The van der Waals surface area contributed by atoms with Crippen molar-refractivity contribution in [3.05, 3.63) is 29.8 Å². The van der Waals surface area contributed by atoms with Crippen LogP contribution < -0.4 is 5.32 Å². The van der Waals surface area contributed by atoms with E-state index in [0.717, 1.165) is 12.1 Å². The summed E-state index contributed by atoms with van der Waals surface area (Å²) in [5, 5.41) is 2.91. The van der Waals surface area contributed by atoms with Crippen molar-refractivity contribution < 1.29 is 4.79 Å². The van der Waals surface area contributed by atoms with Gasteiger partial charge in [0.25, 0.3) is 0 Å². The minimum atomic E-state index is 0.207. The number of benzene rings is 1. The molecule has 1 aliphatic carbocycles.